The highest BCUT2D eigenvalue weighted by atomic mass is 16.3. The molecule has 0 aromatic carbocycles. The van der Waals surface area contributed by atoms with Crippen molar-refractivity contribution in [2.45, 2.75) is 20.3 Å². The summed E-state index contributed by atoms with van der Waals surface area (Å²) in [5.74, 6) is 0.459. The summed E-state index contributed by atoms with van der Waals surface area (Å²) < 4.78 is 5.08. The molecule has 0 unspecified atom stereocenters. The van der Waals surface area contributed by atoms with Crippen LogP contribution in [0.2, 0.25) is 0 Å². The van der Waals surface area contributed by atoms with Gasteiger partial charge in [-0.15, -0.1) is 0 Å². The molecule has 0 N–H and O–H groups in total. The van der Waals surface area contributed by atoms with Crippen molar-refractivity contribution in [3.05, 3.63) is 33.4 Å². The van der Waals surface area contributed by atoms with Crippen molar-refractivity contribution in [2.75, 3.05) is 0 Å². The third-order valence-electron chi connectivity index (χ3n) is 1.76. The Hall–Kier alpha value is -1.38. The van der Waals surface area contributed by atoms with E-state index in [-0.39, 0.29) is 11.8 Å². The van der Waals surface area contributed by atoms with E-state index in [0.717, 1.165) is 6.29 Å². The van der Waals surface area contributed by atoms with Crippen molar-refractivity contribution in [1.82, 2.24) is 0 Å². The van der Waals surface area contributed by atoms with Gasteiger partial charge >= 0.3 is 0 Å². The molecule has 0 bridgehead atoms. The standard InChI is InChI=1S/C9H10O3/c1-6-5-12-8(3-4-10)7(2)9(6)11/h4-5H,3H2,1-2H3. The Morgan fingerprint density at radius 3 is 2.75 bits per heavy atom. The number of hydrogen-bond acceptors (Lipinski definition) is 3. The molecule has 12 heavy (non-hydrogen) atoms. The molecular formula is C9H10O3. The monoisotopic (exact) mass is 166 g/mol. The van der Waals surface area contributed by atoms with Crippen molar-refractivity contribution >= 4 is 6.29 Å². The molecule has 0 atom stereocenters. The van der Waals surface area contributed by atoms with Gasteiger partial charge in [0.1, 0.15) is 12.0 Å². The van der Waals surface area contributed by atoms with Crippen molar-refractivity contribution in [2.24, 2.45) is 0 Å². The predicted molar refractivity (Wildman–Crippen MR) is 44.2 cm³/mol. The average molecular weight is 166 g/mol. The van der Waals surface area contributed by atoms with Gasteiger partial charge in [0, 0.05) is 11.1 Å². The molecule has 0 amide bonds. The molecule has 1 rings (SSSR count). The van der Waals surface area contributed by atoms with E-state index in [1.165, 1.54) is 6.26 Å². The molecule has 3 heteroatoms. The quantitative estimate of drug-likeness (QED) is 0.616. The minimum Gasteiger partial charge on any atom is -0.468 e. The average Bonchev–Trinajstić information content (AvgIpc) is 2.07. The van der Waals surface area contributed by atoms with Crippen LogP contribution in [-0.2, 0) is 11.2 Å². The van der Waals surface area contributed by atoms with Crippen LogP contribution < -0.4 is 5.43 Å². The van der Waals surface area contributed by atoms with E-state index in [1.54, 1.807) is 13.8 Å². The van der Waals surface area contributed by atoms with Crippen LogP contribution in [0, 0.1) is 13.8 Å². The second-order valence-corrected chi connectivity index (χ2v) is 2.67. The van der Waals surface area contributed by atoms with E-state index in [4.69, 9.17) is 4.42 Å². The summed E-state index contributed by atoms with van der Waals surface area (Å²) in [6.07, 6.45) is 2.27. The Bertz CT molecular complexity index is 349. The van der Waals surface area contributed by atoms with Crippen LogP contribution in [0.1, 0.15) is 16.9 Å². The molecule has 0 spiro atoms. The van der Waals surface area contributed by atoms with Gasteiger partial charge in [-0.3, -0.25) is 4.79 Å². The Morgan fingerprint density at radius 2 is 2.17 bits per heavy atom. The van der Waals surface area contributed by atoms with Gasteiger partial charge in [0.2, 0.25) is 0 Å². The number of carbonyl (C=O) groups excluding carboxylic acids is 1. The molecule has 1 aromatic heterocycles. The van der Waals surface area contributed by atoms with Gasteiger partial charge in [-0.05, 0) is 13.8 Å². The molecule has 0 saturated heterocycles. The summed E-state index contributed by atoms with van der Waals surface area (Å²) >= 11 is 0. The molecule has 0 fully saturated rings. The topological polar surface area (TPSA) is 47.3 Å². The SMILES string of the molecule is Cc1coc(CC=O)c(C)c1=O. The fourth-order valence-electron chi connectivity index (χ4n) is 1.00. The summed E-state index contributed by atoms with van der Waals surface area (Å²) in [7, 11) is 0. The van der Waals surface area contributed by atoms with Gasteiger partial charge in [-0.1, -0.05) is 0 Å². The third kappa shape index (κ3) is 1.44. The zero-order valence-electron chi connectivity index (χ0n) is 7.09. The fraction of sp³-hybridized carbons (Fsp3) is 0.333. The highest BCUT2D eigenvalue weighted by molar-refractivity contribution is 5.54. The molecule has 64 valence electrons. The maximum Gasteiger partial charge on any atom is 0.190 e. The van der Waals surface area contributed by atoms with Crippen LogP contribution in [0.5, 0.6) is 0 Å². The second kappa shape index (κ2) is 3.34. The molecular weight excluding hydrogens is 156 g/mol. The van der Waals surface area contributed by atoms with Crippen molar-refractivity contribution in [3.8, 4) is 0 Å². The van der Waals surface area contributed by atoms with Crippen LogP contribution in [0.15, 0.2) is 15.5 Å². The molecule has 0 radical (unpaired) electrons. The maximum atomic E-state index is 11.3. The molecule has 0 aliphatic rings. The van der Waals surface area contributed by atoms with E-state index in [2.05, 4.69) is 0 Å². The summed E-state index contributed by atoms with van der Waals surface area (Å²) in [5.41, 5.74) is 1.06. The summed E-state index contributed by atoms with van der Waals surface area (Å²) in [4.78, 5) is 21.4. The second-order valence-electron chi connectivity index (χ2n) is 2.67. The van der Waals surface area contributed by atoms with Crippen LogP contribution in [0.4, 0.5) is 0 Å². The molecule has 1 heterocycles. The number of carbonyl (C=O) groups is 1. The highest BCUT2D eigenvalue weighted by Crippen LogP contribution is 2.04. The number of hydrogen-bond donors (Lipinski definition) is 0. The summed E-state index contributed by atoms with van der Waals surface area (Å²) in [5, 5.41) is 0. The Labute approximate surface area is 70.0 Å². The highest BCUT2D eigenvalue weighted by Gasteiger charge is 2.05. The molecule has 0 saturated carbocycles. The smallest absolute Gasteiger partial charge is 0.190 e. The lowest BCUT2D eigenvalue weighted by molar-refractivity contribution is -0.107. The lowest BCUT2D eigenvalue weighted by atomic mass is 10.1. The summed E-state index contributed by atoms with van der Waals surface area (Å²) in [6, 6.07) is 0. The van der Waals surface area contributed by atoms with Gasteiger partial charge in [0.05, 0.1) is 12.7 Å². The number of aldehydes is 1. The Kier molecular flexibility index (Phi) is 2.43. The molecule has 0 aliphatic carbocycles. The minimum absolute atomic E-state index is 0.0434. The Morgan fingerprint density at radius 1 is 1.50 bits per heavy atom. The lowest BCUT2D eigenvalue weighted by Gasteiger charge is -1.99. The number of rotatable bonds is 2. The van der Waals surface area contributed by atoms with Crippen molar-refractivity contribution < 1.29 is 9.21 Å². The van der Waals surface area contributed by atoms with E-state index in [0.29, 0.717) is 16.9 Å². The normalized spacial score (nSPS) is 9.83. The molecule has 0 aliphatic heterocycles. The molecule has 3 nitrogen and oxygen atoms in total. The zero-order chi connectivity index (χ0) is 9.14. The van der Waals surface area contributed by atoms with Crippen LogP contribution >= 0.6 is 0 Å². The summed E-state index contributed by atoms with van der Waals surface area (Å²) in [6.45, 7) is 3.35. The first-order valence-electron chi connectivity index (χ1n) is 3.68. The first-order valence-corrected chi connectivity index (χ1v) is 3.68. The first kappa shape index (κ1) is 8.71. The van der Waals surface area contributed by atoms with E-state index >= 15 is 0 Å². The maximum absolute atomic E-state index is 11.3. The van der Waals surface area contributed by atoms with E-state index in [1.807, 2.05) is 0 Å². The van der Waals surface area contributed by atoms with Crippen LogP contribution in [0.3, 0.4) is 0 Å². The van der Waals surface area contributed by atoms with E-state index < -0.39 is 0 Å². The predicted octanol–water partition coefficient (Wildman–Crippen LogP) is 0.998. The fourth-order valence-corrected chi connectivity index (χ4v) is 1.00. The van der Waals surface area contributed by atoms with Gasteiger partial charge < -0.3 is 9.21 Å². The first-order chi connectivity index (χ1) is 5.66. The minimum atomic E-state index is -0.0434. The third-order valence-corrected chi connectivity index (χ3v) is 1.76. The van der Waals surface area contributed by atoms with Crippen LogP contribution in [0.25, 0.3) is 0 Å². The van der Waals surface area contributed by atoms with Crippen molar-refractivity contribution in [3.63, 3.8) is 0 Å². The largest absolute Gasteiger partial charge is 0.468 e. The lowest BCUT2D eigenvalue weighted by Crippen LogP contribution is -2.11. The Balaban J connectivity index is 3.26. The van der Waals surface area contributed by atoms with Gasteiger partial charge in [-0.25, -0.2) is 0 Å². The number of aryl methyl sites for hydroxylation is 1. The molecule has 1 aromatic rings. The van der Waals surface area contributed by atoms with Crippen molar-refractivity contribution in [1.29, 1.82) is 0 Å². The zero-order valence-corrected chi connectivity index (χ0v) is 7.09. The van der Waals surface area contributed by atoms with Gasteiger partial charge in [0.25, 0.3) is 0 Å². The van der Waals surface area contributed by atoms with Gasteiger partial charge in [0.15, 0.2) is 5.43 Å². The van der Waals surface area contributed by atoms with E-state index in [9.17, 15) is 9.59 Å². The van der Waals surface area contributed by atoms with Crippen LogP contribution in [-0.4, -0.2) is 6.29 Å². The van der Waals surface area contributed by atoms with Gasteiger partial charge in [-0.2, -0.15) is 0 Å².